The largest absolute Gasteiger partial charge is 0.494 e. The molecule has 21 heavy (non-hydrogen) atoms. The first-order valence-corrected chi connectivity index (χ1v) is 7.62. The summed E-state index contributed by atoms with van der Waals surface area (Å²) in [7, 11) is 0. The summed E-state index contributed by atoms with van der Waals surface area (Å²) in [6.07, 6.45) is 0. The fourth-order valence-electron chi connectivity index (χ4n) is 2.52. The molecule has 0 aliphatic rings. The molecule has 0 saturated carbocycles. The molecule has 1 atom stereocenters. The molecule has 0 aliphatic carbocycles. The van der Waals surface area contributed by atoms with E-state index in [1.54, 1.807) is 0 Å². The van der Waals surface area contributed by atoms with Crippen molar-refractivity contribution in [3.05, 3.63) is 64.7 Å². The van der Waals surface area contributed by atoms with E-state index in [2.05, 4.69) is 56.4 Å². The van der Waals surface area contributed by atoms with Crippen molar-refractivity contribution in [2.75, 3.05) is 6.61 Å². The minimum Gasteiger partial charge on any atom is -0.494 e. The summed E-state index contributed by atoms with van der Waals surface area (Å²) in [6, 6.07) is 15.2. The second-order valence-electron chi connectivity index (χ2n) is 5.54. The van der Waals surface area contributed by atoms with Crippen LogP contribution in [0.1, 0.15) is 42.1 Å². The molecular formula is C19H25NO. The van der Waals surface area contributed by atoms with E-state index < -0.39 is 0 Å². The van der Waals surface area contributed by atoms with Crippen molar-refractivity contribution in [3.63, 3.8) is 0 Å². The Hall–Kier alpha value is -1.80. The van der Waals surface area contributed by atoms with Crippen molar-refractivity contribution in [1.29, 1.82) is 0 Å². The van der Waals surface area contributed by atoms with Crippen LogP contribution in [0.5, 0.6) is 5.75 Å². The van der Waals surface area contributed by atoms with Crippen molar-refractivity contribution in [3.8, 4) is 5.75 Å². The third-order valence-electron chi connectivity index (χ3n) is 3.72. The Balaban J connectivity index is 2.02. The molecule has 2 aromatic carbocycles. The first kappa shape index (κ1) is 15.6. The zero-order chi connectivity index (χ0) is 15.2. The van der Waals surface area contributed by atoms with E-state index in [4.69, 9.17) is 4.74 Å². The van der Waals surface area contributed by atoms with Gasteiger partial charge in [0.15, 0.2) is 0 Å². The zero-order valence-corrected chi connectivity index (χ0v) is 13.4. The summed E-state index contributed by atoms with van der Waals surface area (Å²) in [5.41, 5.74) is 5.26. The maximum atomic E-state index is 5.55. The van der Waals surface area contributed by atoms with Crippen molar-refractivity contribution in [2.24, 2.45) is 0 Å². The van der Waals surface area contributed by atoms with Crippen molar-refractivity contribution >= 4 is 0 Å². The lowest BCUT2D eigenvalue weighted by Gasteiger charge is -2.17. The molecule has 2 aromatic rings. The Morgan fingerprint density at radius 3 is 2.67 bits per heavy atom. The van der Waals surface area contributed by atoms with E-state index in [1.165, 1.54) is 22.3 Å². The van der Waals surface area contributed by atoms with Gasteiger partial charge in [-0.3, -0.25) is 0 Å². The van der Waals surface area contributed by atoms with E-state index in [0.29, 0.717) is 12.6 Å². The third kappa shape index (κ3) is 4.33. The molecule has 0 amide bonds. The highest BCUT2D eigenvalue weighted by molar-refractivity contribution is 5.33. The molecular weight excluding hydrogens is 258 g/mol. The van der Waals surface area contributed by atoms with Gasteiger partial charge in [-0.25, -0.2) is 0 Å². The van der Waals surface area contributed by atoms with Crippen LogP contribution in [-0.4, -0.2) is 6.61 Å². The lowest BCUT2D eigenvalue weighted by Crippen LogP contribution is -2.19. The average Bonchev–Trinajstić information content (AvgIpc) is 2.48. The molecule has 112 valence electrons. The SMILES string of the molecule is CCOc1cccc(CNC(C)c2cc(C)ccc2C)c1. The summed E-state index contributed by atoms with van der Waals surface area (Å²) in [4.78, 5) is 0. The molecule has 0 spiro atoms. The number of ether oxygens (including phenoxy) is 1. The number of rotatable bonds is 6. The summed E-state index contributed by atoms with van der Waals surface area (Å²) in [6.45, 7) is 10.1. The summed E-state index contributed by atoms with van der Waals surface area (Å²) < 4.78 is 5.55. The predicted molar refractivity (Wildman–Crippen MR) is 88.8 cm³/mol. The molecule has 0 fully saturated rings. The zero-order valence-electron chi connectivity index (χ0n) is 13.4. The summed E-state index contributed by atoms with van der Waals surface area (Å²) in [5.74, 6) is 0.941. The number of hydrogen-bond donors (Lipinski definition) is 1. The van der Waals surface area contributed by atoms with Gasteiger partial charge in [0.25, 0.3) is 0 Å². The van der Waals surface area contributed by atoms with Gasteiger partial charge in [0.2, 0.25) is 0 Å². The fraction of sp³-hybridized carbons (Fsp3) is 0.368. The number of benzene rings is 2. The molecule has 0 saturated heterocycles. The van der Waals surface area contributed by atoms with Crippen LogP contribution in [0.25, 0.3) is 0 Å². The van der Waals surface area contributed by atoms with Gasteiger partial charge in [0.05, 0.1) is 6.61 Å². The standard InChI is InChI=1S/C19H25NO/c1-5-21-18-8-6-7-17(12-18)13-20-16(4)19-11-14(2)9-10-15(19)3/h6-12,16,20H,5,13H2,1-4H3. The number of nitrogens with one attached hydrogen (secondary N) is 1. The first-order chi connectivity index (χ1) is 10.1. The Labute approximate surface area is 128 Å². The van der Waals surface area contributed by atoms with Crippen LogP contribution in [-0.2, 0) is 6.54 Å². The van der Waals surface area contributed by atoms with Crippen LogP contribution in [0.4, 0.5) is 0 Å². The highest BCUT2D eigenvalue weighted by Gasteiger charge is 2.08. The van der Waals surface area contributed by atoms with Crippen molar-refractivity contribution in [2.45, 2.75) is 40.3 Å². The molecule has 0 heterocycles. The average molecular weight is 283 g/mol. The maximum Gasteiger partial charge on any atom is 0.119 e. The van der Waals surface area contributed by atoms with Gasteiger partial charge < -0.3 is 10.1 Å². The van der Waals surface area contributed by atoms with E-state index in [9.17, 15) is 0 Å². The Kier molecular flexibility index (Phi) is 5.40. The van der Waals surface area contributed by atoms with Gasteiger partial charge in [0, 0.05) is 12.6 Å². The van der Waals surface area contributed by atoms with Gasteiger partial charge in [-0.05, 0) is 56.5 Å². The molecule has 2 nitrogen and oxygen atoms in total. The van der Waals surface area contributed by atoms with Crippen molar-refractivity contribution < 1.29 is 4.74 Å². The Morgan fingerprint density at radius 2 is 1.90 bits per heavy atom. The second-order valence-corrected chi connectivity index (χ2v) is 5.54. The van der Waals surface area contributed by atoms with Gasteiger partial charge in [0.1, 0.15) is 5.75 Å². The molecule has 1 unspecified atom stereocenters. The van der Waals surface area contributed by atoms with Crippen LogP contribution < -0.4 is 10.1 Å². The summed E-state index contributed by atoms with van der Waals surface area (Å²) in [5, 5.41) is 3.60. The van der Waals surface area contributed by atoms with Gasteiger partial charge in [-0.1, -0.05) is 35.9 Å². The highest BCUT2D eigenvalue weighted by Crippen LogP contribution is 2.20. The van der Waals surface area contributed by atoms with Crippen LogP contribution in [0.2, 0.25) is 0 Å². The molecule has 2 heteroatoms. The quantitative estimate of drug-likeness (QED) is 0.839. The van der Waals surface area contributed by atoms with Crippen LogP contribution in [0, 0.1) is 13.8 Å². The van der Waals surface area contributed by atoms with E-state index >= 15 is 0 Å². The minimum absolute atomic E-state index is 0.334. The Morgan fingerprint density at radius 1 is 1.10 bits per heavy atom. The molecule has 1 N–H and O–H groups in total. The van der Waals surface area contributed by atoms with Gasteiger partial charge in [-0.15, -0.1) is 0 Å². The van der Waals surface area contributed by atoms with E-state index in [-0.39, 0.29) is 0 Å². The normalized spacial score (nSPS) is 12.2. The predicted octanol–water partition coefficient (Wildman–Crippen LogP) is 4.55. The molecule has 0 radical (unpaired) electrons. The maximum absolute atomic E-state index is 5.55. The lowest BCUT2D eigenvalue weighted by atomic mass is 10.00. The first-order valence-electron chi connectivity index (χ1n) is 7.62. The third-order valence-corrected chi connectivity index (χ3v) is 3.72. The van der Waals surface area contributed by atoms with Crippen molar-refractivity contribution in [1.82, 2.24) is 5.32 Å². The van der Waals surface area contributed by atoms with Crippen LogP contribution in [0.15, 0.2) is 42.5 Å². The van der Waals surface area contributed by atoms with Gasteiger partial charge in [-0.2, -0.15) is 0 Å². The smallest absolute Gasteiger partial charge is 0.119 e. The van der Waals surface area contributed by atoms with Crippen LogP contribution >= 0.6 is 0 Å². The van der Waals surface area contributed by atoms with E-state index in [1.807, 2.05) is 19.1 Å². The summed E-state index contributed by atoms with van der Waals surface area (Å²) >= 11 is 0. The molecule has 2 rings (SSSR count). The fourth-order valence-corrected chi connectivity index (χ4v) is 2.52. The van der Waals surface area contributed by atoms with Crippen LogP contribution in [0.3, 0.4) is 0 Å². The lowest BCUT2D eigenvalue weighted by molar-refractivity contribution is 0.339. The molecule has 0 aliphatic heterocycles. The number of hydrogen-bond acceptors (Lipinski definition) is 2. The topological polar surface area (TPSA) is 21.3 Å². The van der Waals surface area contributed by atoms with Gasteiger partial charge >= 0.3 is 0 Å². The minimum atomic E-state index is 0.334. The highest BCUT2D eigenvalue weighted by atomic mass is 16.5. The van der Waals surface area contributed by atoms with E-state index in [0.717, 1.165) is 12.3 Å². The molecule has 0 bridgehead atoms. The monoisotopic (exact) mass is 283 g/mol. The Bertz CT molecular complexity index is 592. The number of aryl methyl sites for hydroxylation is 2. The molecule has 0 aromatic heterocycles. The second kappa shape index (κ2) is 7.28.